The van der Waals surface area contributed by atoms with Gasteiger partial charge in [-0.3, -0.25) is 24.8 Å². The largest absolute Gasteiger partial charge is 0.508 e. The molecule has 0 aliphatic carbocycles. The van der Waals surface area contributed by atoms with E-state index in [4.69, 9.17) is 15.6 Å². The Labute approximate surface area is 210 Å². The van der Waals surface area contributed by atoms with Crippen LogP contribution in [0.4, 0.5) is 0 Å². The predicted octanol–water partition coefficient (Wildman–Crippen LogP) is -0.153. The zero-order valence-electron chi connectivity index (χ0n) is 19.3. The molecule has 1 aliphatic heterocycles. The summed E-state index contributed by atoms with van der Waals surface area (Å²) in [7, 11) is 0. The Bertz CT molecular complexity index is 1140. The quantitative estimate of drug-likeness (QED) is 0.144. The molecule has 8 N–H and O–H groups in total. The number of aliphatic carboxylic acids is 2. The minimum Gasteiger partial charge on any atom is -0.508 e. The van der Waals surface area contributed by atoms with Gasteiger partial charge >= 0.3 is 11.9 Å². The minimum absolute atomic E-state index is 0.0185. The smallest absolute Gasteiger partial charge is 0.331 e. The van der Waals surface area contributed by atoms with Crippen LogP contribution < -0.4 is 15.8 Å². The van der Waals surface area contributed by atoms with E-state index in [1.165, 1.54) is 48.5 Å². The van der Waals surface area contributed by atoms with Gasteiger partial charge in [-0.15, -0.1) is 0 Å². The van der Waals surface area contributed by atoms with E-state index < -0.39 is 47.9 Å². The number of phenolic OH excluding ortho intramolecular Hbond substituents is 1. The first-order valence-electron chi connectivity index (χ1n) is 11.0. The Kier molecular flexibility index (Phi) is 8.62. The molecule has 198 valence electrons. The lowest BCUT2D eigenvalue weighted by Gasteiger charge is -2.42. The van der Waals surface area contributed by atoms with Crippen molar-refractivity contribution in [2.45, 2.75) is 30.6 Å². The van der Waals surface area contributed by atoms with E-state index in [2.05, 4.69) is 5.32 Å². The number of β-lactam (4-membered cyclic amide) rings is 1. The molecule has 0 aromatic heterocycles. The number of carboxylic acid groups (broad SMARTS) is 2. The summed E-state index contributed by atoms with van der Waals surface area (Å²) < 4.78 is 5.39. The number of hydrogen-bond donors (Lipinski definition) is 7. The van der Waals surface area contributed by atoms with Gasteiger partial charge in [0, 0.05) is 6.42 Å². The van der Waals surface area contributed by atoms with Gasteiger partial charge in [-0.05, 0) is 35.4 Å². The van der Waals surface area contributed by atoms with Crippen molar-refractivity contribution in [3.05, 3.63) is 59.7 Å². The zero-order valence-corrected chi connectivity index (χ0v) is 19.3. The third-order valence-electron chi connectivity index (χ3n) is 5.72. The summed E-state index contributed by atoms with van der Waals surface area (Å²) in [5.41, 5.74) is 5.79. The van der Waals surface area contributed by atoms with E-state index in [-0.39, 0.29) is 41.7 Å². The Hall–Kier alpha value is -4.24. The molecule has 14 heteroatoms. The van der Waals surface area contributed by atoms with Gasteiger partial charge in [0.2, 0.25) is 11.8 Å². The lowest BCUT2D eigenvalue weighted by molar-refractivity contribution is -0.327. The molecule has 14 nitrogen and oxygen atoms in total. The average molecular weight is 518 g/mol. The summed E-state index contributed by atoms with van der Waals surface area (Å²) in [5.74, 6) is -3.82. The van der Waals surface area contributed by atoms with Crippen molar-refractivity contribution in [3.63, 3.8) is 0 Å². The molecule has 2 amide bonds. The number of nitrogens with zero attached hydrogens (tertiary/aromatic N) is 2. The number of ether oxygens (including phenoxy) is 1. The van der Waals surface area contributed by atoms with Crippen molar-refractivity contribution >= 4 is 23.8 Å². The maximum atomic E-state index is 12.8. The highest BCUT2D eigenvalue weighted by molar-refractivity contribution is 5.96. The number of benzene rings is 2. The van der Waals surface area contributed by atoms with Gasteiger partial charge in [-0.25, -0.2) is 4.79 Å². The number of hydrogen-bond acceptors (Lipinski definition) is 10. The van der Waals surface area contributed by atoms with Crippen LogP contribution in [0.15, 0.2) is 48.5 Å². The van der Waals surface area contributed by atoms with E-state index in [1.54, 1.807) is 0 Å². The first-order chi connectivity index (χ1) is 17.5. The molecule has 0 unspecified atom stereocenters. The second-order valence-electron chi connectivity index (χ2n) is 8.26. The van der Waals surface area contributed by atoms with Gasteiger partial charge in [0.25, 0.3) is 0 Å². The van der Waals surface area contributed by atoms with E-state index in [0.717, 1.165) is 4.90 Å². The van der Waals surface area contributed by atoms with E-state index >= 15 is 0 Å². The Morgan fingerprint density at radius 3 is 2.14 bits per heavy atom. The van der Waals surface area contributed by atoms with Crippen molar-refractivity contribution in [3.8, 4) is 11.5 Å². The lowest BCUT2D eigenvalue weighted by Crippen LogP contribution is -2.66. The second kappa shape index (κ2) is 11.7. The molecule has 0 bridgehead atoms. The SMILES string of the molecule is N[C@H](CCOc1ccc([C@H](C(=O)N[C@H]2CN([C@@H](C(=O)O)c3ccc(O)cc3)C2=O)N(O)O)cc1)C(=O)O. The monoisotopic (exact) mass is 518 g/mol. The first kappa shape index (κ1) is 27.3. The molecule has 2 aromatic carbocycles. The van der Waals surface area contributed by atoms with Crippen LogP contribution in [-0.2, 0) is 19.2 Å². The van der Waals surface area contributed by atoms with Gasteiger partial charge in [-0.2, -0.15) is 0 Å². The second-order valence-corrected chi connectivity index (χ2v) is 8.26. The fourth-order valence-corrected chi connectivity index (χ4v) is 3.72. The number of amides is 2. The molecular weight excluding hydrogens is 492 g/mol. The molecule has 1 aliphatic rings. The third-order valence-corrected chi connectivity index (χ3v) is 5.72. The van der Waals surface area contributed by atoms with Crippen molar-refractivity contribution in [2.24, 2.45) is 5.73 Å². The highest BCUT2D eigenvalue weighted by atomic mass is 16.8. The van der Waals surface area contributed by atoms with Gasteiger partial charge < -0.3 is 36.0 Å². The molecule has 3 rings (SSSR count). The molecule has 1 heterocycles. The molecule has 0 radical (unpaired) electrons. The number of phenols is 1. The van der Waals surface area contributed by atoms with Crippen molar-refractivity contribution in [2.75, 3.05) is 13.2 Å². The number of carboxylic acids is 2. The number of likely N-dealkylation sites (tertiary alicyclic amines) is 1. The van der Waals surface area contributed by atoms with Gasteiger partial charge in [0.1, 0.15) is 23.6 Å². The predicted molar refractivity (Wildman–Crippen MR) is 122 cm³/mol. The van der Waals surface area contributed by atoms with Gasteiger partial charge in [0.05, 0.1) is 13.2 Å². The zero-order chi connectivity index (χ0) is 27.3. The van der Waals surface area contributed by atoms with Crippen molar-refractivity contribution < 1.29 is 49.6 Å². The van der Waals surface area contributed by atoms with Crippen LogP contribution in [0, 0.1) is 0 Å². The molecular formula is C23H26N4O10. The summed E-state index contributed by atoms with van der Waals surface area (Å²) >= 11 is 0. The number of nitrogens with one attached hydrogen (secondary N) is 1. The maximum absolute atomic E-state index is 12.8. The summed E-state index contributed by atoms with van der Waals surface area (Å²) in [6.45, 7) is -0.123. The Balaban J connectivity index is 1.61. The fraction of sp³-hybridized carbons (Fsp3) is 0.304. The first-order valence-corrected chi connectivity index (χ1v) is 11.0. The molecule has 1 fully saturated rings. The third kappa shape index (κ3) is 6.50. The lowest BCUT2D eigenvalue weighted by atomic mass is 9.97. The fourth-order valence-electron chi connectivity index (χ4n) is 3.72. The van der Waals surface area contributed by atoms with Crippen LogP contribution in [0.2, 0.25) is 0 Å². The number of carbonyl (C=O) groups excluding carboxylic acids is 2. The van der Waals surface area contributed by atoms with Gasteiger partial charge in [-0.1, -0.05) is 29.5 Å². The maximum Gasteiger partial charge on any atom is 0.331 e. The summed E-state index contributed by atoms with van der Waals surface area (Å²) in [4.78, 5) is 49.0. The number of aromatic hydroxyl groups is 1. The van der Waals surface area contributed by atoms with Crippen LogP contribution in [0.25, 0.3) is 0 Å². The average Bonchev–Trinajstić information content (AvgIpc) is 2.84. The summed E-state index contributed by atoms with van der Waals surface area (Å²) in [6.07, 6.45) is 0.0606. The van der Waals surface area contributed by atoms with Crippen LogP contribution in [0.3, 0.4) is 0 Å². The number of nitrogens with two attached hydrogens (primary N) is 1. The normalized spacial score (nSPS) is 17.5. The summed E-state index contributed by atoms with van der Waals surface area (Å²) in [5, 5.41) is 49.1. The van der Waals surface area contributed by atoms with E-state index in [1.807, 2.05) is 0 Å². The van der Waals surface area contributed by atoms with Crippen molar-refractivity contribution in [1.82, 2.24) is 15.4 Å². The molecule has 0 saturated carbocycles. The standard InChI is InChI=1S/C23H26N4O10/c24-16(22(31)32)9-10-37-15-7-3-12(4-8-15)18(27(35)36)20(29)25-17-11-26(21(17)30)19(23(33)34)13-1-5-14(28)6-2-13/h1-8,16-19,28,35-36H,9-11,24H2,(H,25,29)(H,31,32)(H,33,34)/t16-,17+,18-,19-/m1/s1. The Morgan fingerprint density at radius 2 is 1.62 bits per heavy atom. The van der Waals surface area contributed by atoms with Gasteiger partial charge in [0.15, 0.2) is 12.1 Å². The van der Waals surface area contributed by atoms with Crippen LogP contribution in [0.5, 0.6) is 11.5 Å². The minimum atomic E-state index is -1.62. The molecule has 1 saturated heterocycles. The highest BCUT2D eigenvalue weighted by Crippen LogP contribution is 2.29. The number of hydroxylamine groups is 2. The molecule has 37 heavy (non-hydrogen) atoms. The van der Waals surface area contributed by atoms with Crippen molar-refractivity contribution in [1.29, 1.82) is 0 Å². The molecule has 2 aromatic rings. The Morgan fingerprint density at radius 1 is 1.03 bits per heavy atom. The molecule has 4 atom stereocenters. The number of carbonyl (C=O) groups is 4. The topological polar surface area (TPSA) is 223 Å². The van der Waals surface area contributed by atoms with E-state index in [9.17, 15) is 39.8 Å². The van der Waals surface area contributed by atoms with Crippen LogP contribution in [-0.4, -0.2) is 84.8 Å². The molecule has 0 spiro atoms. The highest BCUT2D eigenvalue weighted by Gasteiger charge is 2.46. The summed E-state index contributed by atoms with van der Waals surface area (Å²) in [6, 6.07) is 5.79. The number of rotatable bonds is 12. The van der Waals surface area contributed by atoms with Crippen LogP contribution >= 0.6 is 0 Å². The van der Waals surface area contributed by atoms with Crippen LogP contribution in [0.1, 0.15) is 29.6 Å². The van der Waals surface area contributed by atoms with E-state index in [0.29, 0.717) is 5.75 Å².